The lowest BCUT2D eigenvalue weighted by Gasteiger charge is -2.21. The molecule has 110 valence electrons. The molecule has 1 aliphatic rings. The van der Waals surface area contributed by atoms with Crippen molar-refractivity contribution in [2.24, 2.45) is 0 Å². The van der Waals surface area contributed by atoms with E-state index in [1.165, 1.54) is 12.1 Å². The van der Waals surface area contributed by atoms with Crippen LogP contribution in [0.2, 0.25) is 0 Å². The predicted molar refractivity (Wildman–Crippen MR) is 76.6 cm³/mol. The highest BCUT2D eigenvalue weighted by Gasteiger charge is 2.16. The Morgan fingerprint density at radius 3 is 3.00 bits per heavy atom. The average molecular weight is 289 g/mol. The molecule has 0 saturated heterocycles. The van der Waals surface area contributed by atoms with E-state index in [9.17, 15) is 4.39 Å². The van der Waals surface area contributed by atoms with Gasteiger partial charge in [-0.05, 0) is 30.7 Å². The van der Waals surface area contributed by atoms with Crippen LogP contribution in [0.3, 0.4) is 0 Å². The van der Waals surface area contributed by atoms with Gasteiger partial charge < -0.3 is 19.9 Å². The molecular formula is C16H16FNO3. The number of anilines is 1. The quantitative estimate of drug-likeness (QED) is 0.882. The van der Waals surface area contributed by atoms with E-state index >= 15 is 0 Å². The van der Waals surface area contributed by atoms with Gasteiger partial charge in [0, 0.05) is 22.9 Å². The van der Waals surface area contributed by atoms with E-state index in [4.69, 9.17) is 19.9 Å². The van der Waals surface area contributed by atoms with Crippen LogP contribution in [0.5, 0.6) is 11.5 Å². The SMILES string of the molecule is Cc1ccc(F)cc1OCc1cc(N)cc2c1OCOC2. The Balaban J connectivity index is 1.85. The molecule has 0 unspecified atom stereocenters. The number of nitrogens with two attached hydrogens (primary N) is 1. The number of ether oxygens (including phenoxy) is 3. The maximum atomic E-state index is 13.3. The minimum absolute atomic E-state index is 0.211. The van der Waals surface area contributed by atoms with Gasteiger partial charge in [-0.15, -0.1) is 0 Å². The molecule has 0 spiro atoms. The molecule has 0 bridgehead atoms. The van der Waals surface area contributed by atoms with Crippen molar-refractivity contribution in [3.8, 4) is 11.5 Å². The Labute approximate surface area is 122 Å². The minimum Gasteiger partial charge on any atom is -0.488 e. The fourth-order valence-corrected chi connectivity index (χ4v) is 2.32. The molecule has 2 aromatic carbocycles. The summed E-state index contributed by atoms with van der Waals surface area (Å²) in [4.78, 5) is 0. The summed E-state index contributed by atoms with van der Waals surface area (Å²) < 4.78 is 29.7. The zero-order chi connectivity index (χ0) is 14.8. The summed E-state index contributed by atoms with van der Waals surface area (Å²) in [5.41, 5.74) is 9.10. The van der Waals surface area contributed by atoms with Gasteiger partial charge in [0.15, 0.2) is 6.79 Å². The molecule has 21 heavy (non-hydrogen) atoms. The second-order valence-corrected chi connectivity index (χ2v) is 4.98. The lowest BCUT2D eigenvalue weighted by Crippen LogP contribution is -2.14. The molecule has 0 amide bonds. The van der Waals surface area contributed by atoms with Gasteiger partial charge in [0.25, 0.3) is 0 Å². The van der Waals surface area contributed by atoms with Gasteiger partial charge in [-0.2, -0.15) is 0 Å². The molecule has 0 aliphatic carbocycles. The van der Waals surface area contributed by atoms with Gasteiger partial charge in [-0.1, -0.05) is 6.07 Å². The number of nitrogen functional groups attached to an aromatic ring is 1. The first kappa shape index (κ1) is 13.7. The summed E-state index contributed by atoms with van der Waals surface area (Å²) in [6.07, 6.45) is 0. The maximum Gasteiger partial charge on any atom is 0.189 e. The Hall–Kier alpha value is -2.27. The van der Waals surface area contributed by atoms with Crippen molar-refractivity contribution in [3.63, 3.8) is 0 Å². The van der Waals surface area contributed by atoms with Crippen molar-refractivity contribution in [2.75, 3.05) is 12.5 Å². The normalized spacial score (nSPS) is 13.4. The smallest absolute Gasteiger partial charge is 0.189 e. The van der Waals surface area contributed by atoms with Crippen molar-refractivity contribution >= 4 is 5.69 Å². The third-order valence-electron chi connectivity index (χ3n) is 3.34. The summed E-state index contributed by atoms with van der Waals surface area (Å²) in [5.74, 6) is 0.928. The Kier molecular flexibility index (Phi) is 3.66. The lowest BCUT2D eigenvalue weighted by atomic mass is 10.1. The fourth-order valence-electron chi connectivity index (χ4n) is 2.32. The predicted octanol–water partition coefficient (Wildman–Crippen LogP) is 3.16. The number of hydrogen-bond acceptors (Lipinski definition) is 4. The Morgan fingerprint density at radius 2 is 2.14 bits per heavy atom. The molecule has 4 nitrogen and oxygen atoms in total. The molecule has 0 aromatic heterocycles. The molecular weight excluding hydrogens is 273 g/mol. The van der Waals surface area contributed by atoms with E-state index in [0.29, 0.717) is 18.0 Å². The third kappa shape index (κ3) is 2.92. The van der Waals surface area contributed by atoms with Gasteiger partial charge in [0.2, 0.25) is 0 Å². The van der Waals surface area contributed by atoms with Crippen LogP contribution in [0.15, 0.2) is 30.3 Å². The first-order valence-electron chi connectivity index (χ1n) is 6.64. The van der Waals surface area contributed by atoms with Crippen LogP contribution >= 0.6 is 0 Å². The van der Waals surface area contributed by atoms with Crippen molar-refractivity contribution in [3.05, 3.63) is 52.8 Å². The van der Waals surface area contributed by atoms with Crippen molar-refractivity contribution in [1.29, 1.82) is 0 Å². The van der Waals surface area contributed by atoms with Crippen LogP contribution in [0.4, 0.5) is 10.1 Å². The molecule has 1 heterocycles. The summed E-state index contributed by atoms with van der Waals surface area (Å²) in [6, 6.07) is 8.09. The first-order chi connectivity index (χ1) is 10.1. The maximum absolute atomic E-state index is 13.3. The second-order valence-electron chi connectivity index (χ2n) is 4.98. The van der Waals surface area contributed by atoms with Crippen molar-refractivity contribution in [1.82, 2.24) is 0 Å². The molecule has 0 atom stereocenters. The molecule has 1 aliphatic heterocycles. The number of aryl methyl sites for hydroxylation is 1. The minimum atomic E-state index is -0.324. The zero-order valence-electron chi connectivity index (χ0n) is 11.7. The van der Waals surface area contributed by atoms with Crippen molar-refractivity contribution < 1.29 is 18.6 Å². The number of halogens is 1. The van der Waals surface area contributed by atoms with E-state index in [0.717, 1.165) is 22.4 Å². The van der Waals surface area contributed by atoms with Crippen LogP contribution in [0.1, 0.15) is 16.7 Å². The summed E-state index contributed by atoms with van der Waals surface area (Å²) >= 11 is 0. The standard InChI is InChI=1S/C16H16FNO3/c1-10-2-3-13(17)6-15(10)20-8-12-5-14(18)4-11-7-19-9-21-16(11)12/h2-6H,7-9,18H2,1H3. The monoisotopic (exact) mass is 289 g/mol. The number of fused-ring (bicyclic) bond motifs is 1. The summed E-state index contributed by atoms with van der Waals surface area (Å²) in [5, 5.41) is 0. The number of benzene rings is 2. The van der Waals surface area contributed by atoms with E-state index in [1.54, 1.807) is 12.1 Å². The van der Waals surface area contributed by atoms with Crippen LogP contribution in [0.25, 0.3) is 0 Å². The molecule has 5 heteroatoms. The molecule has 2 N–H and O–H groups in total. The molecule has 0 saturated carbocycles. The number of hydrogen-bond donors (Lipinski definition) is 1. The van der Waals surface area contributed by atoms with E-state index in [-0.39, 0.29) is 19.2 Å². The topological polar surface area (TPSA) is 53.7 Å². The molecule has 0 radical (unpaired) electrons. The largest absolute Gasteiger partial charge is 0.488 e. The average Bonchev–Trinajstić information content (AvgIpc) is 2.47. The second kappa shape index (κ2) is 5.61. The molecule has 3 rings (SSSR count). The van der Waals surface area contributed by atoms with Gasteiger partial charge >= 0.3 is 0 Å². The van der Waals surface area contributed by atoms with Crippen LogP contribution < -0.4 is 15.2 Å². The zero-order valence-corrected chi connectivity index (χ0v) is 11.7. The fraction of sp³-hybridized carbons (Fsp3) is 0.250. The summed E-state index contributed by atoms with van der Waals surface area (Å²) in [7, 11) is 0. The highest BCUT2D eigenvalue weighted by atomic mass is 19.1. The highest BCUT2D eigenvalue weighted by molar-refractivity contribution is 5.53. The van der Waals surface area contributed by atoms with Crippen molar-refractivity contribution in [2.45, 2.75) is 20.1 Å². The van der Waals surface area contributed by atoms with Crippen LogP contribution in [-0.4, -0.2) is 6.79 Å². The van der Waals surface area contributed by atoms with E-state index < -0.39 is 0 Å². The molecule has 0 fully saturated rings. The molecule has 2 aromatic rings. The Morgan fingerprint density at radius 1 is 1.29 bits per heavy atom. The first-order valence-corrected chi connectivity index (χ1v) is 6.64. The third-order valence-corrected chi connectivity index (χ3v) is 3.34. The van der Waals surface area contributed by atoms with Gasteiger partial charge in [0.1, 0.15) is 23.9 Å². The lowest BCUT2D eigenvalue weighted by molar-refractivity contribution is -0.0175. The highest BCUT2D eigenvalue weighted by Crippen LogP contribution is 2.32. The van der Waals surface area contributed by atoms with Crippen LogP contribution in [-0.2, 0) is 18.0 Å². The van der Waals surface area contributed by atoms with E-state index in [2.05, 4.69) is 0 Å². The van der Waals surface area contributed by atoms with Gasteiger partial charge in [-0.25, -0.2) is 4.39 Å². The van der Waals surface area contributed by atoms with Gasteiger partial charge in [-0.3, -0.25) is 0 Å². The van der Waals surface area contributed by atoms with Crippen LogP contribution in [0, 0.1) is 12.7 Å². The summed E-state index contributed by atoms with van der Waals surface area (Å²) in [6.45, 7) is 2.81. The van der Waals surface area contributed by atoms with Gasteiger partial charge in [0.05, 0.1) is 6.61 Å². The van der Waals surface area contributed by atoms with E-state index in [1.807, 2.05) is 13.0 Å². The Bertz CT molecular complexity index is 673. The number of rotatable bonds is 3.